The molecule has 2 amide bonds. The zero-order valence-electron chi connectivity index (χ0n) is 14.7. The summed E-state index contributed by atoms with van der Waals surface area (Å²) in [6.45, 7) is 7.54. The van der Waals surface area contributed by atoms with Gasteiger partial charge in [-0.25, -0.2) is 4.79 Å². The van der Waals surface area contributed by atoms with Crippen LogP contribution in [0.1, 0.15) is 13.8 Å². The van der Waals surface area contributed by atoms with Gasteiger partial charge in [-0.3, -0.25) is 4.68 Å². The summed E-state index contributed by atoms with van der Waals surface area (Å²) in [5, 5.41) is 7.13. The number of amides is 2. The molecule has 6 heteroatoms. The molecule has 2 atom stereocenters. The minimum absolute atomic E-state index is 0.0170. The average Bonchev–Trinajstić information content (AvgIpc) is 3.08. The highest BCUT2D eigenvalue weighted by Gasteiger charge is 2.62. The van der Waals surface area contributed by atoms with Crippen molar-refractivity contribution in [3.05, 3.63) is 42.7 Å². The number of carbonyl (C=O) groups excluding carboxylic acids is 1. The minimum Gasteiger partial charge on any atom is -0.492 e. The van der Waals surface area contributed by atoms with Gasteiger partial charge in [0.2, 0.25) is 0 Å². The lowest BCUT2D eigenvalue weighted by Gasteiger charge is -2.22. The molecule has 6 nitrogen and oxygen atoms in total. The summed E-state index contributed by atoms with van der Waals surface area (Å²) in [6, 6.07) is 9.41. The van der Waals surface area contributed by atoms with Crippen LogP contribution in [0.4, 0.5) is 10.5 Å². The number of hydrogen-bond acceptors (Lipinski definition) is 3. The number of fused-ring (bicyclic) bond motifs is 1. The molecule has 1 saturated heterocycles. The van der Waals surface area contributed by atoms with E-state index in [9.17, 15) is 4.79 Å². The molecule has 1 aliphatic heterocycles. The molecule has 2 heterocycles. The Kier molecular flexibility index (Phi) is 3.90. The van der Waals surface area contributed by atoms with E-state index in [0.717, 1.165) is 24.5 Å². The highest BCUT2D eigenvalue weighted by atomic mass is 16.5. The highest BCUT2D eigenvalue weighted by Crippen LogP contribution is 2.61. The molecule has 0 bridgehead atoms. The largest absolute Gasteiger partial charge is 0.492 e. The van der Waals surface area contributed by atoms with E-state index in [-0.39, 0.29) is 6.03 Å². The first-order valence-corrected chi connectivity index (χ1v) is 8.80. The Balaban J connectivity index is 1.29. The summed E-state index contributed by atoms with van der Waals surface area (Å²) in [6.07, 6.45) is 3.65. The molecule has 2 aromatic rings. The second-order valence-corrected chi connectivity index (χ2v) is 7.51. The van der Waals surface area contributed by atoms with Gasteiger partial charge in [0.1, 0.15) is 12.4 Å². The van der Waals surface area contributed by atoms with Crippen molar-refractivity contribution in [2.75, 3.05) is 25.0 Å². The number of rotatable bonds is 5. The third-order valence-corrected chi connectivity index (χ3v) is 5.64. The van der Waals surface area contributed by atoms with Gasteiger partial charge in [-0.15, -0.1) is 0 Å². The van der Waals surface area contributed by atoms with E-state index < -0.39 is 0 Å². The first-order chi connectivity index (χ1) is 12.0. The van der Waals surface area contributed by atoms with Crippen molar-refractivity contribution >= 4 is 11.7 Å². The number of aromatic nitrogens is 2. The number of likely N-dealkylation sites (tertiary alicyclic amines) is 1. The predicted molar refractivity (Wildman–Crippen MR) is 95.5 cm³/mol. The first-order valence-electron chi connectivity index (χ1n) is 8.80. The van der Waals surface area contributed by atoms with E-state index in [2.05, 4.69) is 24.3 Å². The van der Waals surface area contributed by atoms with Crippen molar-refractivity contribution in [3.63, 3.8) is 0 Å². The molecule has 1 aliphatic carbocycles. The van der Waals surface area contributed by atoms with E-state index in [1.165, 1.54) is 0 Å². The number of benzene rings is 1. The van der Waals surface area contributed by atoms with Gasteiger partial charge in [0.05, 0.1) is 6.54 Å². The SMILES string of the molecule is CC1(C)C2CN(C(=O)Nc3cccc(OCCn4cccn4)c3)CC21. The Morgan fingerprint density at radius 2 is 2.12 bits per heavy atom. The molecule has 132 valence electrons. The van der Waals surface area contributed by atoms with Gasteiger partial charge in [0.25, 0.3) is 0 Å². The number of ether oxygens (including phenoxy) is 1. The summed E-state index contributed by atoms with van der Waals surface area (Å²) in [5.74, 6) is 2.07. The standard InChI is InChI=1S/C19H24N4O2/c1-19(2)16-12-22(13-17(16)19)18(24)21-14-5-3-6-15(11-14)25-10-9-23-8-4-7-20-23/h3-8,11,16-17H,9-10,12-13H2,1-2H3,(H,21,24). The molecule has 2 unspecified atom stereocenters. The molecule has 25 heavy (non-hydrogen) atoms. The van der Waals surface area contributed by atoms with Crippen LogP contribution in [0.15, 0.2) is 42.7 Å². The van der Waals surface area contributed by atoms with E-state index in [4.69, 9.17) is 4.74 Å². The number of anilines is 1. The molecule has 1 saturated carbocycles. The lowest BCUT2D eigenvalue weighted by atomic mass is 10.1. The Bertz CT molecular complexity index is 743. The summed E-state index contributed by atoms with van der Waals surface area (Å²) in [4.78, 5) is 14.4. The van der Waals surface area contributed by atoms with E-state index in [0.29, 0.717) is 30.4 Å². The third kappa shape index (κ3) is 3.21. The van der Waals surface area contributed by atoms with Crippen LogP contribution in [0.5, 0.6) is 5.75 Å². The van der Waals surface area contributed by atoms with Gasteiger partial charge in [-0.05, 0) is 35.4 Å². The summed E-state index contributed by atoms with van der Waals surface area (Å²) in [7, 11) is 0. The van der Waals surface area contributed by atoms with Crippen molar-refractivity contribution in [2.24, 2.45) is 17.3 Å². The average molecular weight is 340 g/mol. The van der Waals surface area contributed by atoms with Crippen LogP contribution in [0.3, 0.4) is 0 Å². The Labute approximate surface area is 147 Å². The molecule has 1 aromatic carbocycles. The van der Waals surface area contributed by atoms with Crippen molar-refractivity contribution in [3.8, 4) is 5.75 Å². The van der Waals surface area contributed by atoms with Crippen LogP contribution in [0.25, 0.3) is 0 Å². The maximum atomic E-state index is 12.4. The molecule has 4 rings (SSSR count). The van der Waals surface area contributed by atoms with Crippen molar-refractivity contribution in [2.45, 2.75) is 20.4 Å². The highest BCUT2D eigenvalue weighted by molar-refractivity contribution is 5.89. The zero-order chi connectivity index (χ0) is 17.4. The molecule has 0 radical (unpaired) electrons. The molecular formula is C19H24N4O2. The van der Waals surface area contributed by atoms with Gasteiger partial charge < -0.3 is 15.0 Å². The van der Waals surface area contributed by atoms with Gasteiger partial charge in [-0.1, -0.05) is 19.9 Å². The Morgan fingerprint density at radius 1 is 1.32 bits per heavy atom. The lowest BCUT2D eigenvalue weighted by molar-refractivity contribution is 0.209. The topological polar surface area (TPSA) is 59.4 Å². The molecule has 0 spiro atoms. The van der Waals surface area contributed by atoms with Crippen LogP contribution in [-0.2, 0) is 6.54 Å². The van der Waals surface area contributed by atoms with Crippen LogP contribution in [0, 0.1) is 17.3 Å². The number of nitrogens with one attached hydrogen (secondary N) is 1. The molecule has 1 aromatic heterocycles. The fraction of sp³-hybridized carbons (Fsp3) is 0.474. The van der Waals surface area contributed by atoms with E-state index in [1.807, 2.05) is 46.1 Å². The number of nitrogens with zero attached hydrogens (tertiary/aromatic N) is 3. The maximum Gasteiger partial charge on any atom is 0.321 e. The van der Waals surface area contributed by atoms with E-state index >= 15 is 0 Å². The normalized spacial score (nSPS) is 23.2. The number of urea groups is 1. The molecule has 2 fully saturated rings. The third-order valence-electron chi connectivity index (χ3n) is 5.64. The second kappa shape index (κ2) is 6.10. The smallest absolute Gasteiger partial charge is 0.321 e. The Morgan fingerprint density at radius 3 is 2.84 bits per heavy atom. The van der Waals surface area contributed by atoms with Crippen LogP contribution in [-0.4, -0.2) is 40.4 Å². The molecule has 1 N–H and O–H groups in total. The second-order valence-electron chi connectivity index (χ2n) is 7.51. The van der Waals surface area contributed by atoms with Crippen molar-refractivity contribution < 1.29 is 9.53 Å². The van der Waals surface area contributed by atoms with Crippen molar-refractivity contribution in [1.29, 1.82) is 0 Å². The number of piperidine rings is 1. The fourth-order valence-electron chi connectivity index (χ4n) is 3.85. The maximum absolute atomic E-state index is 12.4. The predicted octanol–water partition coefficient (Wildman–Crippen LogP) is 3.08. The van der Waals surface area contributed by atoms with Gasteiger partial charge in [0, 0.05) is 37.2 Å². The van der Waals surface area contributed by atoms with Crippen molar-refractivity contribution in [1.82, 2.24) is 14.7 Å². The Hall–Kier alpha value is -2.50. The van der Waals surface area contributed by atoms with E-state index in [1.54, 1.807) is 6.20 Å². The van der Waals surface area contributed by atoms with Gasteiger partial charge in [0.15, 0.2) is 0 Å². The van der Waals surface area contributed by atoms with Gasteiger partial charge in [-0.2, -0.15) is 5.10 Å². The summed E-state index contributed by atoms with van der Waals surface area (Å²) in [5.41, 5.74) is 1.18. The molecular weight excluding hydrogens is 316 g/mol. The monoisotopic (exact) mass is 340 g/mol. The summed E-state index contributed by atoms with van der Waals surface area (Å²) < 4.78 is 7.58. The number of carbonyl (C=O) groups is 1. The summed E-state index contributed by atoms with van der Waals surface area (Å²) >= 11 is 0. The van der Waals surface area contributed by atoms with Gasteiger partial charge >= 0.3 is 6.03 Å². The number of hydrogen-bond donors (Lipinski definition) is 1. The van der Waals surface area contributed by atoms with Crippen LogP contribution in [0.2, 0.25) is 0 Å². The molecule has 2 aliphatic rings. The van der Waals surface area contributed by atoms with Crippen LogP contribution < -0.4 is 10.1 Å². The quantitative estimate of drug-likeness (QED) is 0.910. The minimum atomic E-state index is -0.0170. The van der Waals surface area contributed by atoms with Crippen LogP contribution >= 0.6 is 0 Å². The fourth-order valence-corrected chi connectivity index (χ4v) is 3.85. The zero-order valence-corrected chi connectivity index (χ0v) is 14.7. The first kappa shape index (κ1) is 16.0. The lowest BCUT2D eigenvalue weighted by Crippen LogP contribution is -2.36.